The van der Waals surface area contributed by atoms with Crippen LogP contribution in [0.4, 0.5) is 11.4 Å². The third-order valence-electron chi connectivity index (χ3n) is 6.50. The van der Waals surface area contributed by atoms with Crippen LogP contribution in [0.15, 0.2) is 42.5 Å². The molecule has 2 aliphatic rings. The fraction of sp³-hybridized carbons (Fsp3) is 0.462. The molecule has 2 heterocycles. The fourth-order valence-corrected chi connectivity index (χ4v) is 4.84. The number of fused-ring (bicyclic) bond motifs is 3. The Labute approximate surface area is 210 Å². The lowest BCUT2D eigenvalue weighted by atomic mass is 9.98. The lowest BCUT2D eigenvalue weighted by Crippen LogP contribution is -2.58. The van der Waals surface area contributed by atoms with Gasteiger partial charge in [-0.05, 0) is 51.0 Å². The third-order valence-corrected chi connectivity index (χ3v) is 6.50. The largest absolute Gasteiger partial charge is 0.497 e. The molecule has 2 unspecified atom stereocenters. The summed E-state index contributed by atoms with van der Waals surface area (Å²) in [5, 5.41) is 17.9. The summed E-state index contributed by atoms with van der Waals surface area (Å²) in [7, 11) is 1.60. The van der Waals surface area contributed by atoms with E-state index in [-0.39, 0.29) is 24.0 Å². The second-order valence-corrected chi connectivity index (χ2v) is 10.2. The minimum absolute atomic E-state index is 0.113. The predicted molar refractivity (Wildman–Crippen MR) is 136 cm³/mol. The van der Waals surface area contributed by atoms with E-state index in [1.807, 2.05) is 49.9 Å². The second-order valence-electron chi connectivity index (χ2n) is 10.2. The molecule has 2 aromatic carbocycles. The molecular weight excluding hydrogens is 462 g/mol. The van der Waals surface area contributed by atoms with Gasteiger partial charge in [-0.15, -0.1) is 0 Å². The first-order valence-corrected chi connectivity index (χ1v) is 12.1. The van der Waals surface area contributed by atoms with Crippen molar-refractivity contribution in [3.8, 4) is 5.75 Å². The molecule has 10 heteroatoms. The lowest BCUT2D eigenvalue weighted by Gasteiger charge is -2.37. The van der Waals surface area contributed by atoms with Crippen LogP contribution in [0, 0.1) is 10.1 Å². The molecule has 2 aromatic rings. The number of piperazine rings is 1. The van der Waals surface area contributed by atoms with Crippen molar-refractivity contribution in [2.75, 3.05) is 38.2 Å². The summed E-state index contributed by atoms with van der Waals surface area (Å²) in [5.74, 6) is 0.195. The van der Waals surface area contributed by atoms with Crippen molar-refractivity contribution in [3.05, 3.63) is 63.7 Å². The lowest BCUT2D eigenvalue weighted by molar-refractivity contribution is -0.384. The van der Waals surface area contributed by atoms with Gasteiger partial charge in [-0.1, -0.05) is 12.1 Å². The minimum atomic E-state index is -1.00. The summed E-state index contributed by atoms with van der Waals surface area (Å²) in [6.07, 6.45) is 0.513. The van der Waals surface area contributed by atoms with Crippen LogP contribution < -0.4 is 20.3 Å². The van der Waals surface area contributed by atoms with Crippen LogP contribution >= 0.6 is 0 Å². The predicted octanol–water partition coefficient (Wildman–Crippen LogP) is 2.42. The Morgan fingerprint density at radius 2 is 1.94 bits per heavy atom. The molecule has 2 aliphatic heterocycles. The van der Waals surface area contributed by atoms with Crippen molar-refractivity contribution < 1.29 is 19.2 Å². The number of anilines is 1. The second kappa shape index (κ2) is 10.1. The molecule has 0 bridgehead atoms. The number of amides is 2. The highest BCUT2D eigenvalue weighted by Crippen LogP contribution is 2.39. The van der Waals surface area contributed by atoms with E-state index >= 15 is 0 Å². The number of non-ortho nitro benzene ring substituents is 1. The Hall–Kier alpha value is -3.66. The normalized spacial score (nSPS) is 19.7. The molecule has 0 aromatic heterocycles. The number of hydrogen-bond acceptors (Lipinski definition) is 7. The van der Waals surface area contributed by atoms with E-state index in [9.17, 15) is 19.7 Å². The number of methoxy groups -OCH3 is 1. The van der Waals surface area contributed by atoms with Crippen LogP contribution in [-0.2, 0) is 16.0 Å². The maximum Gasteiger partial charge on any atom is 0.269 e. The van der Waals surface area contributed by atoms with Gasteiger partial charge in [0.15, 0.2) is 0 Å². The Morgan fingerprint density at radius 1 is 1.22 bits per heavy atom. The van der Waals surface area contributed by atoms with Gasteiger partial charge >= 0.3 is 0 Å². The number of nitrogens with one attached hydrogen (secondary N) is 2. The smallest absolute Gasteiger partial charge is 0.269 e. The van der Waals surface area contributed by atoms with Gasteiger partial charge in [-0.3, -0.25) is 19.7 Å². The van der Waals surface area contributed by atoms with Crippen LogP contribution in [0.2, 0.25) is 0 Å². The molecule has 10 nitrogen and oxygen atoms in total. The van der Waals surface area contributed by atoms with E-state index in [1.54, 1.807) is 18.1 Å². The van der Waals surface area contributed by atoms with Crippen molar-refractivity contribution >= 4 is 23.2 Å². The van der Waals surface area contributed by atoms with E-state index in [1.165, 1.54) is 12.1 Å². The van der Waals surface area contributed by atoms with E-state index in [2.05, 4.69) is 10.6 Å². The van der Waals surface area contributed by atoms with Crippen LogP contribution in [-0.4, -0.2) is 66.5 Å². The number of benzene rings is 2. The highest BCUT2D eigenvalue weighted by atomic mass is 16.6. The first kappa shape index (κ1) is 25.4. The number of carbonyl (C=O) groups excluding carboxylic acids is 2. The summed E-state index contributed by atoms with van der Waals surface area (Å²) < 4.78 is 5.24. The van der Waals surface area contributed by atoms with Crippen LogP contribution in [0.3, 0.4) is 0 Å². The molecule has 2 amide bonds. The van der Waals surface area contributed by atoms with Crippen molar-refractivity contribution in [2.45, 2.75) is 44.8 Å². The van der Waals surface area contributed by atoms with Crippen molar-refractivity contribution in [2.24, 2.45) is 0 Å². The van der Waals surface area contributed by atoms with E-state index in [0.717, 1.165) is 11.3 Å². The number of ether oxygens (including phenoxy) is 1. The van der Waals surface area contributed by atoms with Gasteiger partial charge in [-0.2, -0.15) is 0 Å². The molecular formula is C26H33N5O5. The van der Waals surface area contributed by atoms with Gasteiger partial charge in [0, 0.05) is 55.1 Å². The Bertz CT molecular complexity index is 1140. The Morgan fingerprint density at radius 3 is 2.58 bits per heavy atom. The number of carbonyl (C=O) groups is 2. The Kier molecular flexibility index (Phi) is 7.16. The van der Waals surface area contributed by atoms with Crippen LogP contribution in [0.5, 0.6) is 5.75 Å². The first-order valence-electron chi connectivity index (χ1n) is 12.1. The topological polar surface area (TPSA) is 117 Å². The van der Waals surface area contributed by atoms with Gasteiger partial charge < -0.3 is 25.2 Å². The molecule has 0 saturated carbocycles. The molecule has 0 radical (unpaired) electrons. The molecule has 2 N–H and O–H groups in total. The van der Waals surface area contributed by atoms with Crippen LogP contribution in [0.1, 0.15) is 37.9 Å². The summed E-state index contributed by atoms with van der Waals surface area (Å²) in [5.41, 5.74) is 1.47. The zero-order valence-corrected chi connectivity index (χ0v) is 21.1. The molecule has 192 valence electrons. The summed E-state index contributed by atoms with van der Waals surface area (Å²) in [6, 6.07) is 10.6. The van der Waals surface area contributed by atoms with Crippen LogP contribution in [0.25, 0.3) is 0 Å². The molecule has 0 aliphatic carbocycles. The third kappa shape index (κ3) is 5.28. The average Bonchev–Trinajstić information content (AvgIpc) is 2.94. The number of nitro benzene ring substituents is 1. The maximum absolute atomic E-state index is 14.0. The quantitative estimate of drug-likeness (QED) is 0.467. The van der Waals surface area contributed by atoms with E-state index in [4.69, 9.17) is 4.74 Å². The average molecular weight is 496 g/mol. The number of rotatable bonds is 6. The molecule has 4 rings (SSSR count). The van der Waals surface area contributed by atoms with Gasteiger partial charge in [-0.25, -0.2) is 0 Å². The van der Waals surface area contributed by atoms with Gasteiger partial charge in [0.05, 0.1) is 12.0 Å². The van der Waals surface area contributed by atoms with E-state index in [0.29, 0.717) is 37.3 Å². The van der Waals surface area contributed by atoms with Crippen molar-refractivity contribution in [1.29, 1.82) is 0 Å². The highest BCUT2D eigenvalue weighted by molar-refractivity contribution is 5.96. The summed E-state index contributed by atoms with van der Waals surface area (Å²) in [6.45, 7) is 7.54. The standard InChI is InChI=1S/C26H33N5O5/c1-26(2,3)28-24(32)23-20-15-18(31(34)35)7-10-21(20)29-14-12-27-16-22(29)25(33)30(23)13-11-17-5-8-19(36-4)9-6-17/h5-10,15,22-23,27H,11-14,16H2,1-4H3,(H,28,32). The monoisotopic (exact) mass is 495 g/mol. The van der Waals surface area contributed by atoms with E-state index < -0.39 is 22.5 Å². The molecule has 0 spiro atoms. The van der Waals surface area contributed by atoms with Gasteiger partial charge in [0.2, 0.25) is 11.8 Å². The van der Waals surface area contributed by atoms with Gasteiger partial charge in [0.1, 0.15) is 17.8 Å². The van der Waals surface area contributed by atoms with Gasteiger partial charge in [0.25, 0.3) is 5.69 Å². The van der Waals surface area contributed by atoms with Crippen molar-refractivity contribution in [3.63, 3.8) is 0 Å². The first-order chi connectivity index (χ1) is 17.1. The number of nitrogens with zero attached hydrogens (tertiary/aromatic N) is 3. The van der Waals surface area contributed by atoms with Crippen molar-refractivity contribution in [1.82, 2.24) is 15.5 Å². The summed E-state index contributed by atoms with van der Waals surface area (Å²) >= 11 is 0. The molecule has 1 saturated heterocycles. The Balaban J connectivity index is 1.80. The number of hydrogen-bond donors (Lipinski definition) is 2. The number of nitro groups is 1. The summed E-state index contributed by atoms with van der Waals surface area (Å²) in [4.78, 5) is 42.5. The molecule has 2 atom stereocenters. The minimum Gasteiger partial charge on any atom is -0.497 e. The highest BCUT2D eigenvalue weighted by Gasteiger charge is 2.44. The SMILES string of the molecule is COc1ccc(CCN2C(=O)C3CNCCN3c3ccc([N+](=O)[O-])cc3C2C(=O)NC(C)(C)C)cc1. The fourth-order valence-electron chi connectivity index (χ4n) is 4.84. The molecule has 36 heavy (non-hydrogen) atoms. The molecule has 1 fully saturated rings. The maximum atomic E-state index is 14.0. The zero-order valence-electron chi connectivity index (χ0n) is 21.1. The zero-order chi connectivity index (χ0) is 26.0.